The number of aryl methyl sites for hydroxylation is 1. The molecule has 0 bridgehead atoms. The van der Waals surface area contributed by atoms with Crippen LogP contribution in [0.2, 0.25) is 25.7 Å². The summed E-state index contributed by atoms with van der Waals surface area (Å²) in [6, 6.07) is 3.05. The fraction of sp³-hybridized carbons (Fsp3) is 0.526. The van der Waals surface area contributed by atoms with Crippen LogP contribution in [0.15, 0.2) is 17.8 Å². The predicted octanol–water partition coefficient (Wildman–Crippen LogP) is 5.47. The molecule has 0 aromatic carbocycles. The minimum absolute atomic E-state index is 0.272. The van der Waals surface area contributed by atoms with Crippen LogP contribution in [0, 0.1) is 5.82 Å². The summed E-state index contributed by atoms with van der Waals surface area (Å²) in [5.74, 6) is -0.272. The minimum Gasteiger partial charge on any atom is -0.361 e. The molecule has 0 saturated heterocycles. The second kappa shape index (κ2) is 7.62. The molecule has 0 aliphatic carbocycles. The molecule has 3 nitrogen and oxygen atoms in total. The monoisotopic (exact) mass is 348 g/mol. The summed E-state index contributed by atoms with van der Waals surface area (Å²) in [4.78, 5) is 4.30. The lowest BCUT2D eigenvalue weighted by atomic mass is 10.2. The van der Waals surface area contributed by atoms with Crippen LogP contribution < -0.4 is 0 Å². The number of allylic oxidation sites excluding steroid dienone is 1. The van der Waals surface area contributed by atoms with Gasteiger partial charge in [-0.15, -0.1) is 0 Å². The molecular formula is C19H29FN2OSi. The largest absolute Gasteiger partial charge is 0.361 e. The van der Waals surface area contributed by atoms with E-state index in [0.717, 1.165) is 41.5 Å². The minimum atomic E-state index is -1.11. The highest BCUT2D eigenvalue weighted by molar-refractivity contribution is 6.76. The Bertz CT molecular complexity index is 740. The second-order valence-corrected chi connectivity index (χ2v) is 13.4. The Morgan fingerprint density at radius 1 is 1.33 bits per heavy atom. The van der Waals surface area contributed by atoms with E-state index in [2.05, 4.69) is 36.1 Å². The zero-order chi connectivity index (χ0) is 17.9. The van der Waals surface area contributed by atoms with E-state index in [1.54, 1.807) is 0 Å². The van der Waals surface area contributed by atoms with Crippen molar-refractivity contribution in [2.24, 2.45) is 0 Å². The van der Waals surface area contributed by atoms with Gasteiger partial charge < -0.3 is 9.30 Å². The quantitative estimate of drug-likeness (QED) is 0.490. The van der Waals surface area contributed by atoms with Gasteiger partial charge in [0.2, 0.25) is 0 Å². The molecule has 0 N–H and O–H groups in total. The molecule has 0 unspecified atom stereocenters. The molecule has 5 heteroatoms. The SMILES string of the molecule is CCc1cc2c(F)cnc(C=C(C)C)c2n1COCC[Si](C)(C)C. The first-order valence-corrected chi connectivity index (χ1v) is 12.3. The maximum absolute atomic E-state index is 14.2. The van der Waals surface area contributed by atoms with Gasteiger partial charge in [0.25, 0.3) is 0 Å². The maximum atomic E-state index is 14.2. The number of ether oxygens (including phenoxy) is 1. The van der Waals surface area contributed by atoms with Crippen molar-refractivity contribution in [2.75, 3.05) is 6.61 Å². The number of nitrogens with zero attached hydrogens (tertiary/aromatic N) is 2. The lowest BCUT2D eigenvalue weighted by Crippen LogP contribution is -2.22. The van der Waals surface area contributed by atoms with Gasteiger partial charge in [-0.1, -0.05) is 32.1 Å². The molecule has 132 valence electrons. The third kappa shape index (κ3) is 4.54. The summed E-state index contributed by atoms with van der Waals surface area (Å²) < 4.78 is 22.3. The van der Waals surface area contributed by atoms with E-state index in [1.165, 1.54) is 6.20 Å². The number of pyridine rings is 1. The second-order valence-electron chi connectivity index (χ2n) is 7.74. The van der Waals surface area contributed by atoms with Crippen LogP contribution >= 0.6 is 0 Å². The topological polar surface area (TPSA) is 27.1 Å². The van der Waals surface area contributed by atoms with Gasteiger partial charge in [-0.2, -0.15) is 0 Å². The Kier molecular flexibility index (Phi) is 5.99. The third-order valence-corrected chi connectivity index (χ3v) is 5.71. The van der Waals surface area contributed by atoms with E-state index in [4.69, 9.17) is 4.74 Å². The highest BCUT2D eigenvalue weighted by Crippen LogP contribution is 2.27. The molecule has 0 atom stereocenters. The summed E-state index contributed by atoms with van der Waals surface area (Å²) in [5, 5.41) is 0.628. The molecular weight excluding hydrogens is 319 g/mol. The maximum Gasteiger partial charge on any atom is 0.150 e. The first-order chi connectivity index (χ1) is 11.2. The Morgan fingerprint density at radius 3 is 2.62 bits per heavy atom. The van der Waals surface area contributed by atoms with Crippen molar-refractivity contribution in [3.63, 3.8) is 0 Å². The smallest absolute Gasteiger partial charge is 0.150 e. The van der Waals surface area contributed by atoms with Crippen molar-refractivity contribution in [2.45, 2.75) is 59.6 Å². The van der Waals surface area contributed by atoms with Crippen LogP contribution in [0.4, 0.5) is 4.39 Å². The third-order valence-electron chi connectivity index (χ3n) is 4.00. The van der Waals surface area contributed by atoms with Crippen molar-refractivity contribution < 1.29 is 9.13 Å². The van der Waals surface area contributed by atoms with E-state index in [0.29, 0.717) is 12.1 Å². The van der Waals surface area contributed by atoms with Gasteiger partial charge in [-0.05, 0) is 38.5 Å². The van der Waals surface area contributed by atoms with Gasteiger partial charge in [0.05, 0.1) is 17.4 Å². The summed E-state index contributed by atoms with van der Waals surface area (Å²) in [5.41, 5.74) is 3.86. The standard InChI is InChI=1S/C19H29FN2OSi/c1-7-15-11-16-17(20)12-21-18(10-14(2)3)19(16)22(15)13-23-8-9-24(4,5)6/h10-12H,7-9,13H2,1-6H3. The molecule has 2 aromatic heterocycles. The Morgan fingerprint density at radius 2 is 2.04 bits per heavy atom. The van der Waals surface area contributed by atoms with Gasteiger partial charge in [-0.3, -0.25) is 4.98 Å². The highest BCUT2D eigenvalue weighted by Gasteiger charge is 2.16. The molecule has 0 aliphatic heterocycles. The molecule has 0 amide bonds. The first kappa shape index (κ1) is 18.9. The lowest BCUT2D eigenvalue weighted by Gasteiger charge is -2.17. The van der Waals surface area contributed by atoms with Crippen molar-refractivity contribution in [3.8, 4) is 0 Å². The first-order valence-electron chi connectivity index (χ1n) is 8.62. The summed E-state index contributed by atoms with van der Waals surface area (Å²) in [6.07, 6.45) is 4.15. The lowest BCUT2D eigenvalue weighted by molar-refractivity contribution is 0.0885. The molecule has 0 fully saturated rings. The average molecular weight is 349 g/mol. The van der Waals surface area contributed by atoms with E-state index in [-0.39, 0.29) is 5.82 Å². The van der Waals surface area contributed by atoms with Crippen LogP contribution in [0.25, 0.3) is 17.0 Å². The summed E-state index contributed by atoms with van der Waals surface area (Å²) >= 11 is 0. The molecule has 0 spiro atoms. The molecule has 0 saturated carbocycles. The van der Waals surface area contributed by atoms with Crippen LogP contribution in [0.1, 0.15) is 32.2 Å². The number of fused-ring (bicyclic) bond motifs is 1. The van der Waals surface area contributed by atoms with Gasteiger partial charge in [0.1, 0.15) is 6.73 Å². The van der Waals surface area contributed by atoms with Crippen LogP contribution in [-0.2, 0) is 17.9 Å². The Hall–Kier alpha value is -1.46. The van der Waals surface area contributed by atoms with Crippen molar-refractivity contribution >= 4 is 25.1 Å². The Balaban J connectivity index is 2.39. The molecule has 2 rings (SSSR count). The number of rotatable bonds is 7. The van der Waals surface area contributed by atoms with Gasteiger partial charge in [0, 0.05) is 25.8 Å². The average Bonchev–Trinajstić information content (AvgIpc) is 2.85. The number of hydrogen-bond donors (Lipinski definition) is 0. The number of hydrogen-bond acceptors (Lipinski definition) is 2. The van der Waals surface area contributed by atoms with E-state index >= 15 is 0 Å². The van der Waals surface area contributed by atoms with Crippen LogP contribution in [-0.4, -0.2) is 24.2 Å². The van der Waals surface area contributed by atoms with Crippen molar-refractivity contribution in [1.29, 1.82) is 0 Å². The highest BCUT2D eigenvalue weighted by atomic mass is 28.3. The van der Waals surface area contributed by atoms with Crippen LogP contribution in [0.5, 0.6) is 0 Å². The Labute approximate surface area is 145 Å². The number of halogens is 1. The zero-order valence-corrected chi connectivity index (χ0v) is 16.7. The predicted molar refractivity (Wildman–Crippen MR) is 102 cm³/mol. The van der Waals surface area contributed by atoms with Crippen LogP contribution in [0.3, 0.4) is 0 Å². The van der Waals surface area contributed by atoms with Crippen molar-refractivity contribution in [1.82, 2.24) is 9.55 Å². The van der Waals surface area contributed by atoms with E-state index < -0.39 is 8.07 Å². The van der Waals surface area contributed by atoms with Gasteiger partial charge in [0.15, 0.2) is 5.82 Å². The normalized spacial score (nSPS) is 12.0. The van der Waals surface area contributed by atoms with E-state index in [9.17, 15) is 4.39 Å². The fourth-order valence-electron chi connectivity index (χ4n) is 2.67. The number of aromatic nitrogens is 2. The molecule has 2 aromatic rings. The molecule has 24 heavy (non-hydrogen) atoms. The molecule has 0 radical (unpaired) electrons. The van der Waals surface area contributed by atoms with E-state index in [1.807, 2.05) is 26.0 Å². The fourth-order valence-corrected chi connectivity index (χ4v) is 3.43. The molecule has 2 heterocycles. The summed E-state index contributed by atoms with van der Waals surface area (Å²) in [6.45, 7) is 14.3. The molecule has 0 aliphatic rings. The van der Waals surface area contributed by atoms with Gasteiger partial charge >= 0.3 is 0 Å². The van der Waals surface area contributed by atoms with Crippen molar-refractivity contribution in [3.05, 3.63) is 35.0 Å². The van der Waals surface area contributed by atoms with Gasteiger partial charge in [-0.25, -0.2) is 4.39 Å². The zero-order valence-electron chi connectivity index (χ0n) is 15.7. The summed E-state index contributed by atoms with van der Waals surface area (Å²) in [7, 11) is -1.11.